The monoisotopic (exact) mass is 655 g/mol. The molecule has 0 heterocycles. The molecule has 0 saturated heterocycles. The predicted octanol–water partition coefficient (Wildman–Crippen LogP) is 6.38. The summed E-state index contributed by atoms with van der Waals surface area (Å²) in [4.78, 5) is 37.1. The van der Waals surface area contributed by atoms with Gasteiger partial charge in [0.1, 0.15) is 0 Å². The first-order valence-electron chi connectivity index (χ1n) is 14.8. The summed E-state index contributed by atoms with van der Waals surface area (Å²) >= 11 is 1.44. The van der Waals surface area contributed by atoms with Gasteiger partial charge in [0.25, 0.3) is 5.91 Å². The van der Waals surface area contributed by atoms with Crippen molar-refractivity contribution in [3.8, 4) is 0 Å². The van der Waals surface area contributed by atoms with E-state index < -0.39 is 27.3 Å². The summed E-state index contributed by atoms with van der Waals surface area (Å²) in [6, 6.07) is 20.7. The highest BCUT2D eigenvalue weighted by molar-refractivity contribution is 7.99. The SMILES string of the molecule is CC(C)CCC(=O)O.Cc1ccc(SCC(CS(=O)(=O)c2ccc(C)cc2)C(=O)c2ccc(C(=O)NC(C)(C)CO)cc2)cc1. The normalized spacial score (nSPS) is 12.2. The molecule has 0 aliphatic carbocycles. The van der Waals surface area contributed by atoms with E-state index in [0.717, 1.165) is 22.4 Å². The van der Waals surface area contributed by atoms with Crippen molar-refractivity contribution in [1.29, 1.82) is 0 Å². The van der Waals surface area contributed by atoms with Gasteiger partial charge in [0, 0.05) is 34.1 Å². The average Bonchev–Trinajstić information content (AvgIpc) is 2.99. The highest BCUT2D eigenvalue weighted by atomic mass is 32.2. The first kappa shape index (κ1) is 37.7. The van der Waals surface area contributed by atoms with Crippen molar-refractivity contribution in [3.63, 3.8) is 0 Å². The van der Waals surface area contributed by atoms with Gasteiger partial charge in [-0.15, -0.1) is 11.8 Å². The number of carbonyl (C=O) groups is 3. The number of hydrogen-bond acceptors (Lipinski definition) is 7. The molecule has 45 heavy (non-hydrogen) atoms. The Kier molecular flexibility index (Phi) is 14.5. The van der Waals surface area contributed by atoms with Gasteiger partial charge in [0.05, 0.1) is 22.8 Å². The minimum Gasteiger partial charge on any atom is -0.481 e. The van der Waals surface area contributed by atoms with Crippen LogP contribution in [-0.4, -0.2) is 59.9 Å². The Hall–Kier alpha value is -3.47. The zero-order chi connectivity index (χ0) is 33.8. The third-order valence-corrected chi connectivity index (χ3v) is 9.86. The maximum Gasteiger partial charge on any atom is 0.303 e. The molecule has 3 rings (SSSR count). The highest BCUT2D eigenvalue weighted by Gasteiger charge is 2.28. The second-order valence-electron chi connectivity index (χ2n) is 12.2. The molecule has 0 aromatic heterocycles. The van der Waals surface area contributed by atoms with Crippen LogP contribution in [0.25, 0.3) is 0 Å². The molecule has 0 fully saturated rings. The van der Waals surface area contributed by atoms with Gasteiger partial charge in [-0.25, -0.2) is 8.42 Å². The van der Waals surface area contributed by atoms with Crippen molar-refractivity contribution in [2.24, 2.45) is 11.8 Å². The maximum absolute atomic E-state index is 13.5. The number of aliphatic hydroxyl groups is 1. The molecule has 0 aliphatic rings. The van der Waals surface area contributed by atoms with E-state index in [4.69, 9.17) is 5.11 Å². The Balaban J connectivity index is 0.000000777. The molecular formula is C35H45NO7S2. The van der Waals surface area contributed by atoms with E-state index in [2.05, 4.69) is 5.32 Å². The van der Waals surface area contributed by atoms with Crippen LogP contribution >= 0.6 is 11.8 Å². The average molecular weight is 656 g/mol. The number of sulfone groups is 1. The second kappa shape index (κ2) is 17.3. The molecule has 3 aromatic rings. The number of thioether (sulfide) groups is 1. The molecule has 10 heteroatoms. The number of aliphatic hydroxyl groups excluding tert-OH is 1. The number of nitrogens with one attached hydrogen (secondary N) is 1. The third kappa shape index (κ3) is 13.2. The number of ketones is 1. The maximum atomic E-state index is 13.5. The van der Waals surface area contributed by atoms with Gasteiger partial charge >= 0.3 is 5.97 Å². The summed E-state index contributed by atoms with van der Waals surface area (Å²) in [5, 5.41) is 20.3. The molecule has 0 aliphatic heterocycles. The van der Waals surface area contributed by atoms with E-state index in [0.29, 0.717) is 29.2 Å². The molecule has 244 valence electrons. The van der Waals surface area contributed by atoms with Crippen LogP contribution in [0.15, 0.2) is 82.6 Å². The number of rotatable bonds is 14. The van der Waals surface area contributed by atoms with Crippen LogP contribution in [0.5, 0.6) is 0 Å². The summed E-state index contributed by atoms with van der Waals surface area (Å²) in [6.45, 7) is 11.1. The summed E-state index contributed by atoms with van der Waals surface area (Å²) in [5.74, 6) is -1.67. The van der Waals surface area contributed by atoms with Crippen LogP contribution in [-0.2, 0) is 14.6 Å². The fraction of sp³-hybridized carbons (Fsp3) is 0.400. The van der Waals surface area contributed by atoms with E-state index in [1.165, 1.54) is 23.9 Å². The Labute approximate surface area is 271 Å². The number of benzene rings is 3. The van der Waals surface area contributed by atoms with E-state index in [1.54, 1.807) is 50.2 Å². The van der Waals surface area contributed by atoms with Gasteiger partial charge in [-0.05, 0) is 76.4 Å². The number of aliphatic carboxylic acids is 1. The van der Waals surface area contributed by atoms with Gasteiger partial charge < -0.3 is 15.5 Å². The number of amides is 1. The summed E-state index contributed by atoms with van der Waals surface area (Å²) in [5.41, 5.74) is 1.97. The summed E-state index contributed by atoms with van der Waals surface area (Å²) in [6.07, 6.45) is 1.09. The molecule has 8 nitrogen and oxygen atoms in total. The van der Waals surface area contributed by atoms with Crippen molar-refractivity contribution in [2.45, 2.75) is 69.7 Å². The standard InChI is InChI=1S/C29H33NO5S2.C6H12O2/c1-20-5-13-25(14-6-20)36-17-24(18-37(34,35)26-15-7-21(2)8-16-26)27(32)22-9-11-23(12-10-22)28(33)30-29(3,4)19-31;1-5(2)3-4-6(7)8/h5-16,24,31H,17-19H2,1-4H3,(H,30,33);5H,3-4H2,1-2H3,(H,7,8). The van der Waals surface area contributed by atoms with Crippen molar-refractivity contribution < 1.29 is 33.0 Å². The lowest BCUT2D eigenvalue weighted by molar-refractivity contribution is -0.137. The molecule has 3 N–H and O–H groups in total. The smallest absolute Gasteiger partial charge is 0.303 e. The van der Waals surface area contributed by atoms with Crippen LogP contribution in [0.3, 0.4) is 0 Å². The fourth-order valence-corrected chi connectivity index (χ4v) is 6.67. The molecule has 3 aromatic carbocycles. The van der Waals surface area contributed by atoms with Crippen LogP contribution in [0, 0.1) is 25.7 Å². The molecule has 0 saturated carbocycles. The predicted molar refractivity (Wildman–Crippen MR) is 180 cm³/mol. The van der Waals surface area contributed by atoms with E-state index >= 15 is 0 Å². The van der Waals surface area contributed by atoms with Crippen molar-refractivity contribution in [1.82, 2.24) is 5.32 Å². The number of aryl methyl sites for hydroxylation is 2. The highest BCUT2D eigenvalue weighted by Crippen LogP contribution is 2.26. The largest absolute Gasteiger partial charge is 0.481 e. The van der Waals surface area contributed by atoms with Gasteiger partial charge in [-0.1, -0.05) is 61.4 Å². The first-order chi connectivity index (χ1) is 21.0. The minimum atomic E-state index is -3.71. The lowest BCUT2D eigenvalue weighted by atomic mass is 9.99. The molecule has 1 unspecified atom stereocenters. The van der Waals surface area contributed by atoms with Crippen molar-refractivity contribution >= 4 is 39.3 Å². The topological polar surface area (TPSA) is 138 Å². The van der Waals surface area contributed by atoms with E-state index in [9.17, 15) is 27.9 Å². The van der Waals surface area contributed by atoms with E-state index in [-0.39, 0.29) is 28.9 Å². The number of carbonyl (C=O) groups excluding carboxylic acids is 2. The lowest BCUT2D eigenvalue weighted by Crippen LogP contribution is -2.46. The Morgan fingerprint density at radius 3 is 1.82 bits per heavy atom. The fourth-order valence-electron chi connectivity index (χ4n) is 3.99. The number of carboxylic acid groups (broad SMARTS) is 1. The Morgan fingerprint density at radius 1 is 0.844 bits per heavy atom. The molecule has 1 atom stereocenters. The zero-order valence-corrected chi connectivity index (χ0v) is 28.5. The molecule has 1 amide bonds. The van der Waals surface area contributed by atoms with Crippen molar-refractivity contribution in [2.75, 3.05) is 18.1 Å². The number of carboxylic acids is 1. The first-order valence-corrected chi connectivity index (χ1v) is 17.4. The van der Waals surface area contributed by atoms with Crippen LogP contribution in [0.4, 0.5) is 0 Å². The summed E-state index contributed by atoms with van der Waals surface area (Å²) in [7, 11) is -3.71. The van der Waals surface area contributed by atoms with Gasteiger partial charge in [0.2, 0.25) is 0 Å². The minimum absolute atomic E-state index is 0.190. The molecule has 0 bridgehead atoms. The quantitative estimate of drug-likeness (QED) is 0.134. The molecule has 0 radical (unpaired) electrons. The van der Waals surface area contributed by atoms with Crippen molar-refractivity contribution in [3.05, 3.63) is 95.1 Å². The number of Topliss-reactive ketones (excluding diaryl/α,β-unsaturated/α-hetero) is 1. The van der Waals surface area contributed by atoms with E-state index in [1.807, 2.05) is 52.0 Å². The Bertz CT molecular complexity index is 1510. The van der Waals surface area contributed by atoms with Crippen LogP contribution in [0.1, 0.15) is 72.4 Å². The van der Waals surface area contributed by atoms with Gasteiger partial charge in [-0.2, -0.15) is 0 Å². The third-order valence-electron chi connectivity index (χ3n) is 6.86. The second-order valence-corrected chi connectivity index (χ2v) is 15.3. The summed E-state index contributed by atoms with van der Waals surface area (Å²) < 4.78 is 26.4. The van der Waals surface area contributed by atoms with Gasteiger partial charge in [0.15, 0.2) is 15.6 Å². The van der Waals surface area contributed by atoms with Crippen LogP contribution in [0.2, 0.25) is 0 Å². The lowest BCUT2D eigenvalue weighted by Gasteiger charge is -2.23. The Morgan fingerprint density at radius 2 is 1.36 bits per heavy atom. The van der Waals surface area contributed by atoms with Crippen LogP contribution < -0.4 is 5.32 Å². The molecule has 0 spiro atoms. The zero-order valence-electron chi connectivity index (χ0n) is 26.9. The molecular weight excluding hydrogens is 611 g/mol. The number of hydrogen-bond donors (Lipinski definition) is 3. The van der Waals surface area contributed by atoms with Gasteiger partial charge in [-0.3, -0.25) is 14.4 Å².